The van der Waals surface area contributed by atoms with Crippen LogP contribution in [0.15, 0.2) is 12.4 Å². The summed E-state index contributed by atoms with van der Waals surface area (Å²) in [7, 11) is 0. The van der Waals surface area contributed by atoms with Crippen LogP contribution >= 0.6 is 11.6 Å². The third kappa shape index (κ3) is 3.83. The van der Waals surface area contributed by atoms with Gasteiger partial charge in [-0.3, -0.25) is 9.48 Å². The van der Waals surface area contributed by atoms with Crippen LogP contribution in [0, 0.1) is 5.92 Å². The van der Waals surface area contributed by atoms with Crippen LogP contribution in [0.4, 0.5) is 0 Å². The third-order valence-corrected chi connectivity index (χ3v) is 4.63. The predicted octanol–water partition coefficient (Wildman–Crippen LogP) is 3.44. The van der Waals surface area contributed by atoms with E-state index in [1.165, 1.54) is 5.56 Å². The van der Waals surface area contributed by atoms with Gasteiger partial charge in [-0.2, -0.15) is 5.10 Å². The van der Waals surface area contributed by atoms with Crippen LogP contribution in [0.1, 0.15) is 53.0 Å². The van der Waals surface area contributed by atoms with E-state index in [4.69, 9.17) is 11.6 Å². The smallest absolute Gasteiger partial charge is 0.243 e. The van der Waals surface area contributed by atoms with Gasteiger partial charge >= 0.3 is 0 Å². The van der Waals surface area contributed by atoms with Crippen molar-refractivity contribution in [1.29, 1.82) is 0 Å². The highest BCUT2D eigenvalue weighted by Gasteiger charge is 2.37. The summed E-state index contributed by atoms with van der Waals surface area (Å²) >= 11 is 6.15. The number of likely N-dealkylation sites (tertiary alicyclic amines) is 1. The molecule has 5 heteroatoms. The molecule has 124 valence electrons. The van der Waals surface area contributed by atoms with E-state index in [1.54, 1.807) is 13.8 Å². The second-order valence-electron chi connectivity index (χ2n) is 7.65. The molecule has 1 amide bonds. The average molecular weight is 326 g/mol. The van der Waals surface area contributed by atoms with Crippen molar-refractivity contribution in [2.24, 2.45) is 5.92 Å². The van der Waals surface area contributed by atoms with Crippen molar-refractivity contribution in [3.8, 4) is 0 Å². The first-order valence-corrected chi connectivity index (χ1v) is 8.52. The number of nitrogens with zero attached hydrogens (tertiary/aromatic N) is 3. The zero-order valence-corrected chi connectivity index (χ0v) is 15.2. The van der Waals surface area contributed by atoms with Crippen molar-refractivity contribution in [1.82, 2.24) is 14.7 Å². The summed E-state index contributed by atoms with van der Waals surface area (Å²) in [5.74, 6) is 0.660. The van der Waals surface area contributed by atoms with Crippen LogP contribution in [0.3, 0.4) is 0 Å². The van der Waals surface area contributed by atoms with E-state index in [-0.39, 0.29) is 11.4 Å². The van der Waals surface area contributed by atoms with Crippen molar-refractivity contribution in [3.63, 3.8) is 0 Å². The van der Waals surface area contributed by atoms with Gasteiger partial charge in [0.15, 0.2) is 0 Å². The topological polar surface area (TPSA) is 38.1 Å². The monoisotopic (exact) mass is 325 g/mol. The molecular weight excluding hydrogens is 298 g/mol. The molecule has 0 spiro atoms. The summed E-state index contributed by atoms with van der Waals surface area (Å²) in [6.07, 6.45) is 7.03. The molecule has 0 N–H and O–H groups in total. The van der Waals surface area contributed by atoms with E-state index in [0.29, 0.717) is 5.92 Å². The Labute approximate surface area is 138 Å². The molecule has 0 radical (unpaired) electrons. The number of carbonyl (C=O) groups is 1. The second kappa shape index (κ2) is 6.23. The molecule has 2 heterocycles. The number of hydrogen-bond acceptors (Lipinski definition) is 2. The van der Waals surface area contributed by atoms with Gasteiger partial charge < -0.3 is 4.90 Å². The minimum atomic E-state index is -0.816. The fraction of sp³-hybridized carbons (Fsp3) is 0.765. The van der Waals surface area contributed by atoms with Gasteiger partial charge in [0.1, 0.15) is 4.87 Å². The normalized spacial score (nSPS) is 18.8. The Kier molecular flexibility index (Phi) is 4.90. The maximum atomic E-state index is 12.3. The Hall–Kier alpha value is -1.03. The summed E-state index contributed by atoms with van der Waals surface area (Å²) in [5, 5.41) is 4.57. The highest BCUT2D eigenvalue weighted by atomic mass is 35.5. The van der Waals surface area contributed by atoms with Gasteiger partial charge in [-0.15, -0.1) is 11.6 Å². The quantitative estimate of drug-likeness (QED) is 0.795. The molecule has 1 saturated heterocycles. The molecule has 0 aliphatic carbocycles. The van der Waals surface area contributed by atoms with Crippen LogP contribution in [0.5, 0.6) is 0 Å². The number of amides is 1. The van der Waals surface area contributed by atoms with Gasteiger partial charge in [-0.25, -0.2) is 0 Å². The minimum absolute atomic E-state index is 0.0114. The van der Waals surface area contributed by atoms with Crippen molar-refractivity contribution < 1.29 is 4.79 Å². The fourth-order valence-corrected chi connectivity index (χ4v) is 3.15. The largest absolute Gasteiger partial charge is 0.341 e. The first kappa shape index (κ1) is 17.3. The summed E-state index contributed by atoms with van der Waals surface area (Å²) in [5.41, 5.74) is 1.28. The highest BCUT2D eigenvalue weighted by molar-refractivity contribution is 6.34. The van der Waals surface area contributed by atoms with Gasteiger partial charge in [0.05, 0.1) is 11.7 Å². The van der Waals surface area contributed by atoms with E-state index in [0.717, 1.165) is 32.4 Å². The predicted molar refractivity (Wildman–Crippen MR) is 90.2 cm³/mol. The lowest BCUT2D eigenvalue weighted by molar-refractivity contribution is -0.135. The molecule has 1 fully saturated rings. The van der Waals surface area contributed by atoms with Crippen molar-refractivity contribution >= 4 is 17.5 Å². The maximum absolute atomic E-state index is 12.3. The Morgan fingerprint density at radius 1 is 1.41 bits per heavy atom. The molecule has 2 rings (SSSR count). The molecule has 0 aromatic carbocycles. The molecule has 0 bridgehead atoms. The zero-order chi connectivity index (χ0) is 16.5. The third-order valence-electron chi connectivity index (χ3n) is 4.47. The molecule has 22 heavy (non-hydrogen) atoms. The Balaban J connectivity index is 2.02. The number of piperidine rings is 1. The van der Waals surface area contributed by atoms with Gasteiger partial charge in [0.25, 0.3) is 0 Å². The number of rotatable bonds is 4. The summed E-state index contributed by atoms with van der Waals surface area (Å²) in [6, 6.07) is 0. The summed E-state index contributed by atoms with van der Waals surface area (Å²) < 4.78 is 2.10. The van der Waals surface area contributed by atoms with Crippen molar-refractivity contribution in [3.05, 3.63) is 18.0 Å². The summed E-state index contributed by atoms with van der Waals surface area (Å²) in [4.78, 5) is 13.3. The standard InChI is InChI=1S/C17H28ClN3O/c1-13(2)10-14-11-19-21(12-14)17(5)6-8-20(9-7-17)15(22)16(3,4)18/h11-13H,6-10H2,1-5H3. The Morgan fingerprint density at radius 3 is 2.50 bits per heavy atom. The van der Waals surface area contributed by atoms with Crippen LogP contribution in [0.25, 0.3) is 0 Å². The van der Waals surface area contributed by atoms with Gasteiger partial charge in [0.2, 0.25) is 5.91 Å². The van der Waals surface area contributed by atoms with Crippen molar-refractivity contribution in [2.45, 2.75) is 64.3 Å². The van der Waals surface area contributed by atoms with Crippen LogP contribution in [0.2, 0.25) is 0 Å². The molecule has 0 atom stereocenters. The van der Waals surface area contributed by atoms with Gasteiger partial charge in [-0.1, -0.05) is 13.8 Å². The molecule has 1 aromatic rings. The molecule has 0 unspecified atom stereocenters. The first-order valence-electron chi connectivity index (χ1n) is 8.14. The number of hydrogen-bond donors (Lipinski definition) is 0. The van der Waals surface area contributed by atoms with Crippen LogP contribution in [-0.4, -0.2) is 38.6 Å². The molecular formula is C17H28ClN3O. The van der Waals surface area contributed by atoms with E-state index in [1.807, 2.05) is 11.1 Å². The van der Waals surface area contributed by atoms with E-state index < -0.39 is 4.87 Å². The lowest BCUT2D eigenvalue weighted by Gasteiger charge is -2.41. The van der Waals surface area contributed by atoms with Crippen LogP contribution < -0.4 is 0 Å². The number of carbonyl (C=O) groups excluding carboxylic acids is 1. The number of aromatic nitrogens is 2. The molecule has 1 aliphatic heterocycles. The fourth-order valence-electron chi connectivity index (χ4n) is 3.03. The summed E-state index contributed by atoms with van der Waals surface area (Å²) in [6.45, 7) is 11.7. The molecule has 1 aliphatic rings. The molecule has 4 nitrogen and oxygen atoms in total. The Morgan fingerprint density at radius 2 is 2.00 bits per heavy atom. The lowest BCUT2D eigenvalue weighted by atomic mass is 9.89. The van der Waals surface area contributed by atoms with Gasteiger partial charge in [-0.05, 0) is 51.5 Å². The van der Waals surface area contributed by atoms with Crippen LogP contribution in [-0.2, 0) is 16.8 Å². The average Bonchev–Trinajstić information content (AvgIpc) is 2.86. The van der Waals surface area contributed by atoms with Crippen molar-refractivity contribution in [2.75, 3.05) is 13.1 Å². The highest BCUT2D eigenvalue weighted by Crippen LogP contribution is 2.31. The van der Waals surface area contributed by atoms with E-state index >= 15 is 0 Å². The van der Waals surface area contributed by atoms with E-state index in [2.05, 4.69) is 36.7 Å². The Bertz CT molecular complexity index is 522. The number of halogens is 1. The second-order valence-corrected chi connectivity index (χ2v) is 8.60. The minimum Gasteiger partial charge on any atom is -0.341 e. The van der Waals surface area contributed by atoms with E-state index in [9.17, 15) is 4.79 Å². The lowest BCUT2D eigenvalue weighted by Crippen LogP contribution is -2.50. The zero-order valence-electron chi connectivity index (χ0n) is 14.4. The molecule has 0 saturated carbocycles. The van der Waals surface area contributed by atoms with Gasteiger partial charge in [0, 0.05) is 19.3 Å². The first-order chi connectivity index (χ1) is 10.1. The number of alkyl halides is 1. The SMILES string of the molecule is CC(C)Cc1cnn(C2(C)CCN(C(=O)C(C)(C)Cl)CC2)c1. The molecule has 1 aromatic heterocycles. The maximum Gasteiger partial charge on any atom is 0.243 e.